The molecule has 0 amide bonds. The van der Waals surface area contributed by atoms with Gasteiger partial charge in [0.2, 0.25) is 0 Å². The van der Waals surface area contributed by atoms with E-state index in [-0.39, 0.29) is 0 Å². The number of nitrogens with zero attached hydrogens (tertiary/aromatic N) is 2. The fourth-order valence-corrected chi connectivity index (χ4v) is 3.53. The molecule has 0 aliphatic carbocycles. The van der Waals surface area contributed by atoms with E-state index in [9.17, 15) is 0 Å². The quantitative estimate of drug-likeness (QED) is 0.562. The Balaban J connectivity index is 2.37. The maximum atomic E-state index is 6.55. The van der Waals surface area contributed by atoms with Crippen molar-refractivity contribution >= 4 is 17.6 Å². The van der Waals surface area contributed by atoms with Gasteiger partial charge in [0.1, 0.15) is 11.5 Å². The van der Waals surface area contributed by atoms with Gasteiger partial charge in [0.15, 0.2) is 0 Å². The topological polar surface area (TPSA) is 83.4 Å². The van der Waals surface area contributed by atoms with Gasteiger partial charge in [-0.1, -0.05) is 51.5 Å². The van der Waals surface area contributed by atoms with Gasteiger partial charge >= 0.3 is 0 Å². The van der Waals surface area contributed by atoms with Crippen molar-refractivity contribution in [2.45, 2.75) is 46.5 Å². The monoisotopic (exact) mass is 367 g/mol. The second kappa shape index (κ2) is 9.86. The lowest BCUT2D eigenvalue weighted by atomic mass is 9.97. The molecule has 0 atom stereocenters. The zero-order valence-electron chi connectivity index (χ0n) is 16.8. The van der Waals surface area contributed by atoms with E-state index >= 15 is 0 Å². The lowest BCUT2D eigenvalue weighted by molar-refractivity contribution is 0.331. The fourth-order valence-electron chi connectivity index (χ4n) is 3.53. The summed E-state index contributed by atoms with van der Waals surface area (Å²) in [5.41, 5.74) is 17.2. The molecule has 0 saturated carbocycles. The van der Waals surface area contributed by atoms with Crippen molar-refractivity contribution in [2.75, 3.05) is 6.54 Å². The van der Waals surface area contributed by atoms with Gasteiger partial charge in [0, 0.05) is 24.6 Å². The van der Waals surface area contributed by atoms with Crippen molar-refractivity contribution in [3.8, 4) is 0 Å². The zero-order chi connectivity index (χ0) is 19.8. The molecule has 1 aromatic rings. The number of hydrogen-bond acceptors (Lipinski definition) is 4. The Hall–Kier alpha value is -2.69. The van der Waals surface area contributed by atoms with E-state index < -0.39 is 0 Å². The minimum Gasteiger partial charge on any atom is -0.395 e. The molecule has 0 spiro atoms. The number of allylic oxidation sites excluding steroid dienone is 2. The van der Waals surface area contributed by atoms with Crippen LogP contribution in [0.4, 0.5) is 0 Å². The maximum Gasteiger partial charge on any atom is 0.149 e. The van der Waals surface area contributed by atoms with Crippen molar-refractivity contribution in [1.29, 1.82) is 0 Å². The average molecular weight is 368 g/mol. The SMILES string of the molecule is C=C/C=C\c1cc(/C(N)=C2\C(N)=NC=CN2CC(CCC)CCC)[nH]c1C. The van der Waals surface area contributed by atoms with E-state index in [1.165, 1.54) is 25.7 Å². The number of H-pyrrole nitrogens is 1. The largest absolute Gasteiger partial charge is 0.395 e. The lowest BCUT2D eigenvalue weighted by Gasteiger charge is -2.30. The smallest absolute Gasteiger partial charge is 0.149 e. The molecule has 0 fully saturated rings. The average Bonchev–Trinajstić information content (AvgIpc) is 3.01. The van der Waals surface area contributed by atoms with Crippen LogP contribution in [-0.4, -0.2) is 22.3 Å². The molecule has 0 saturated heterocycles. The summed E-state index contributed by atoms with van der Waals surface area (Å²) in [5, 5.41) is 0. The normalized spacial score (nSPS) is 16.3. The molecule has 0 unspecified atom stereocenters. The molecule has 27 heavy (non-hydrogen) atoms. The van der Waals surface area contributed by atoms with Crippen molar-refractivity contribution < 1.29 is 0 Å². The molecule has 5 N–H and O–H groups in total. The third-order valence-corrected chi connectivity index (χ3v) is 4.85. The molecule has 2 heterocycles. The Morgan fingerprint density at radius 3 is 2.67 bits per heavy atom. The fraction of sp³-hybridized carbons (Fsp3) is 0.409. The van der Waals surface area contributed by atoms with Gasteiger partial charge in [-0.3, -0.25) is 0 Å². The number of hydrogen-bond donors (Lipinski definition) is 3. The number of nitrogens with two attached hydrogens (primary N) is 2. The van der Waals surface area contributed by atoms with Gasteiger partial charge in [-0.05, 0) is 37.3 Å². The van der Waals surface area contributed by atoms with Crippen LogP contribution >= 0.6 is 0 Å². The summed E-state index contributed by atoms with van der Waals surface area (Å²) in [6.07, 6.45) is 14.1. The summed E-state index contributed by atoms with van der Waals surface area (Å²) in [6, 6.07) is 2.04. The molecule has 2 rings (SSSR count). The molecular weight excluding hydrogens is 334 g/mol. The maximum absolute atomic E-state index is 6.55. The Bertz CT molecular complexity index is 758. The number of aryl methyl sites for hydroxylation is 1. The van der Waals surface area contributed by atoms with Gasteiger partial charge in [-0.15, -0.1) is 0 Å². The third kappa shape index (κ3) is 5.16. The highest BCUT2D eigenvalue weighted by Crippen LogP contribution is 2.25. The van der Waals surface area contributed by atoms with E-state index in [4.69, 9.17) is 11.5 Å². The summed E-state index contributed by atoms with van der Waals surface area (Å²) in [7, 11) is 0. The number of rotatable bonds is 9. The first-order valence-electron chi connectivity index (χ1n) is 9.77. The molecule has 5 nitrogen and oxygen atoms in total. The summed E-state index contributed by atoms with van der Waals surface area (Å²) in [6.45, 7) is 11.1. The van der Waals surface area contributed by atoms with Crippen molar-refractivity contribution in [3.05, 3.63) is 59.8 Å². The molecule has 0 aromatic carbocycles. The summed E-state index contributed by atoms with van der Waals surface area (Å²) in [5.74, 6) is 1.06. The Morgan fingerprint density at radius 1 is 1.33 bits per heavy atom. The van der Waals surface area contributed by atoms with Crippen molar-refractivity contribution in [2.24, 2.45) is 22.4 Å². The van der Waals surface area contributed by atoms with Gasteiger partial charge in [0.05, 0.1) is 11.4 Å². The van der Waals surface area contributed by atoms with Crippen LogP contribution in [0.25, 0.3) is 11.8 Å². The van der Waals surface area contributed by atoms with E-state index in [1.807, 2.05) is 31.3 Å². The van der Waals surface area contributed by atoms with Crippen LogP contribution in [0.3, 0.4) is 0 Å². The summed E-state index contributed by atoms with van der Waals surface area (Å²) < 4.78 is 0. The molecule has 1 aliphatic heterocycles. The Kier molecular flexibility index (Phi) is 7.53. The van der Waals surface area contributed by atoms with Crippen LogP contribution < -0.4 is 11.5 Å². The molecule has 0 radical (unpaired) electrons. The number of amidine groups is 1. The predicted molar refractivity (Wildman–Crippen MR) is 117 cm³/mol. The van der Waals surface area contributed by atoms with Gasteiger partial charge in [-0.2, -0.15) is 0 Å². The van der Waals surface area contributed by atoms with Crippen LogP contribution in [0.2, 0.25) is 0 Å². The molecular formula is C22H33N5. The first kappa shape index (κ1) is 20.6. The first-order chi connectivity index (χ1) is 13.0. The van der Waals surface area contributed by atoms with Gasteiger partial charge in [0.25, 0.3) is 0 Å². The van der Waals surface area contributed by atoms with Crippen LogP contribution in [0.5, 0.6) is 0 Å². The van der Waals surface area contributed by atoms with Gasteiger partial charge in [-0.25, -0.2) is 4.99 Å². The summed E-state index contributed by atoms with van der Waals surface area (Å²) in [4.78, 5) is 9.80. The zero-order valence-corrected chi connectivity index (χ0v) is 16.8. The molecule has 5 heteroatoms. The van der Waals surface area contributed by atoms with Crippen LogP contribution in [-0.2, 0) is 0 Å². The van der Waals surface area contributed by atoms with Crippen molar-refractivity contribution in [3.63, 3.8) is 0 Å². The number of nitrogens with one attached hydrogen (secondary N) is 1. The van der Waals surface area contributed by atoms with E-state index in [0.717, 1.165) is 29.2 Å². The van der Waals surface area contributed by atoms with Crippen LogP contribution in [0.1, 0.15) is 56.5 Å². The second-order valence-electron chi connectivity index (χ2n) is 7.03. The highest BCUT2D eigenvalue weighted by molar-refractivity contribution is 6.03. The lowest BCUT2D eigenvalue weighted by Crippen LogP contribution is -2.35. The van der Waals surface area contributed by atoms with E-state index in [1.54, 1.807) is 12.3 Å². The highest BCUT2D eigenvalue weighted by atomic mass is 15.2. The Morgan fingerprint density at radius 2 is 2.04 bits per heavy atom. The minimum absolute atomic E-state index is 0.456. The van der Waals surface area contributed by atoms with Crippen molar-refractivity contribution in [1.82, 2.24) is 9.88 Å². The van der Waals surface area contributed by atoms with E-state index in [0.29, 0.717) is 17.5 Å². The van der Waals surface area contributed by atoms with Crippen LogP contribution in [0.15, 0.2) is 47.9 Å². The number of aliphatic imine (C=N–C) groups is 1. The Labute approximate surface area is 163 Å². The van der Waals surface area contributed by atoms with Gasteiger partial charge < -0.3 is 21.4 Å². The van der Waals surface area contributed by atoms with E-state index in [2.05, 4.69) is 35.3 Å². The third-order valence-electron chi connectivity index (χ3n) is 4.85. The highest BCUT2D eigenvalue weighted by Gasteiger charge is 2.22. The van der Waals surface area contributed by atoms with Crippen LogP contribution in [0, 0.1) is 12.8 Å². The number of aromatic amines is 1. The molecule has 1 aliphatic rings. The minimum atomic E-state index is 0.456. The standard InChI is InChI=1S/C22H33N5/c1-5-8-11-18-14-19(26-16(18)4)20(23)21-22(24)25-12-13-27(21)15-17(9-6-2)10-7-3/h5,8,11-14,17,26H,1,6-7,9-10,15,23H2,2-4H3,(H2,24,25)/b11-8-,21-20-. The first-order valence-corrected chi connectivity index (χ1v) is 9.77. The summed E-state index contributed by atoms with van der Waals surface area (Å²) >= 11 is 0. The second-order valence-corrected chi connectivity index (χ2v) is 7.03. The molecule has 146 valence electrons. The molecule has 1 aromatic heterocycles. The number of aromatic nitrogens is 1. The predicted octanol–water partition coefficient (Wildman–Crippen LogP) is 4.51. The molecule has 0 bridgehead atoms.